The average molecular weight is 357 g/mol. The van der Waals surface area contributed by atoms with Gasteiger partial charge in [-0.1, -0.05) is 6.07 Å². The first-order chi connectivity index (χ1) is 12.4. The van der Waals surface area contributed by atoms with E-state index in [0.29, 0.717) is 30.9 Å². The summed E-state index contributed by atoms with van der Waals surface area (Å²) >= 11 is 0. The quantitative estimate of drug-likeness (QED) is 0.788. The van der Waals surface area contributed by atoms with Crippen molar-refractivity contribution in [3.05, 3.63) is 53.5 Å². The molecule has 0 saturated carbocycles. The highest BCUT2D eigenvalue weighted by Crippen LogP contribution is 2.13. The molecule has 0 fully saturated rings. The molecule has 1 N–H and O–H groups in total. The molecule has 0 aliphatic rings. The van der Waals surface area contributed by atoms with Crippen LogP contribution in [0, 0.1) is 6.92 Å². The van der Waals surface area contributed by atoms with Crippen LogP contribution in [0.4, 0.5) is 5.69 Å². The third-order valence-corrected chi connectivity index (χ3v) is 4.08. The molecule has 0 aliphatic heterocycles. The summed E-state index contributed by atoms with van der Waals surface area (Å²) in [5.41, 5.74) is 1.20. The van der Waals surface area contributed by atoms with Crippen LogP contribution in [0.2, 0.25) is 0 Å². The van der Waals surface area contributed by atoms with E-state index in [0.717, 1.165) is 11.5 Å². The standard InChI is InChI=1S/C20H27N3O3/c1-5-23(6-2)20(25)16-8-7-9-17(12-16)21-19(24)14-22(4)13-18-11-10-15(3)26-18/h7-12H,5-6,13-14H2,1-4H3,(H,21,24). The topological polar surface area (TPSA) is 65.8 Å². The number of benzene rings is 1. The largest absolute Gasteiger partial charge is 0.465 e. The number of aryl methyl sites for hydroxylation is 1. The summed E-state index contributed by atoms with van der Waals surface area (Å²) in [5.74, 6) is 1.51. The van der Waals surface area contributed by atoms with Crippen LogP contribution in [0.1, 0.15) is 35.7 Å². The zero-order valence-electron chi connectivity index (χ0n) is 15.9. The van der Waals surface area contributed by atoms with Gasteiger partial charge in [-0.2, -0.15) is 0 Å². The Kier molecular flexibility index (Phi) is 6.97. The fourth-order valence-corrected chi connectivity index (χ4v) is 2.76. The number of hydrogen-bond donors (Lipinski definition) is 1. The highest BCUT2D eigenvalue weighted by molar-refractivity contribution is 5.97. The van der Waals surface area contributed by atoms with Gasteiger partial charge in [0.05, 0.1) is 13.1 Å². The number of hydrogen-bond acceptors (Lipinski definition) is 4. The smallest absolute Gasteiger partial charge is 0.253 e. The molecule has 0 spiro atoms. The molecular formula is C20H27N3O3. The molecule has 1 aromatic heterocycles. The van der Waals surface area contributed by atoms with Gasteiger partial charge in [0.25, 0.3) is 5.91 Å². The van der Waals surface area contributed by atoms with Crippen molar-refractivity contribution < 1.29 is 14.0 Å². The molecule has 2 aromatic rings. The Morgan fingerprint density at radius 3 is 2.46 bits per heavy atom. The second kappa shape index (κ2) is 9.20. The van der Waals surface area contributed by atoms with E-state index in [1.807, 2.05) is 44.9 Å². The first-order valence-electron chi connectivity index (χ1n) is 8.86. The first kappa shape index (κ1) is 19.7. The SMILES string of the molecule is CCN(CC)C(=O)c1cccc(NC(=O)CN(C)Cc2ccc(C)o2)c1. The van der Waals surface area contributed by atoms with Crippen molar-refractivity contribution in [1.82, 2.24) is 9.80 Å². The average Bonchev–Trinajstić information content (AvgIpc) is 3.00. The van der Waals surface area contributed by atoms with Gasteiger partial charge in [0.1, 0.15) is 11.5 Å². The van der Waals surface area contributed by atoms with Crippen molar-refractivity contribution in [1.29, 1.82) is 0 Å². The summed E-state index contributed by atoms with van der Waals surface area (Å²) in [4.78, 5) is 28.3. The van der Waals surface area contributed by atoms with E-state index in [2.05, 4.69) is 5.32 Å². The van der Waals surface area contributed by atoms with E-state index in [1.165, 1.54) is 0 Å². The van der Waals surface area contributed by atoms with Crippen LogP contribution >= 0.6 is 0 Å². The summed E-state index contributed by atoms with van der Waals surface area (Å²) in [5, 5.41) is 2.85. The van der Waals surface area contributed by atoms with Gasteiger partial charge >= 0.3 is 0 Å². The van der Waals surface area contributed by atoms with Gasteiger partial charge in [0.15, 0.2) is 0 Å². The lowest BCUT2D eigenvalue weighted by molar-refractivity contribution is -0.117. The molecule has 0 bridgehead atoms. The van der Waals surface area contributed by atoms with Crippen LogP contribution in [-0.2, 0) is 11.3 Å². The number of rotatable bonds is 8. The van der Waals surface area contributed by atoms with Crippen LogP contribution in [0.15, 0.2) is 40.8 Å². The fraction of sp³-hybridized carbons (Fsp3) is 0.400. The highest BCUT2D eigenvalue weighted by Gasteiger charge is 2.14. The first-order valence-corrected chi connectivity index (χ1v) is 8.86. The van der Waals surface area contributed by atoms with Gasteiger partial charge in [0.2, 0.25) is 5.91 Å². The molecule has 0 radical (unpaired) electrons. The molecule has 2 amide bonds. The van der Waals surface area contributed by atoms with Crippen molar-refractivity contribution >= 4 is 17.5 Å². The minimum Gasteiger partial charge on any atom is -0.465 e. The number of carbonyl (C=O) groups is 2. The van der Waals surface area contributed by atoms with Crippen molar-refractivity contribution in [3.8, 4) is 0 Å². The molecule has 0 saturated heterocycles. The summed E-state index contributed by atoms with van der Waals surface area (Å²) < 4.78 is 5.52. The Morgan fingerprint density at radius 1 is 1.12 bits per heavy atom. The molecule has 26 heavy (non-hydrogen) atoms. The molecule has 2 rings (SSSR count). The Bertz CT molecular complexity index is 750. The minimum atomic E-state index is -0.136. The number of furan rings is 1. The van der Waals surface area contributed by atoms with Crippen LogP contribution in [0.25, 0.3) is 0 Å². The molecule has 140 valence electrons. The maximum atomic E-state index is 12.4. The Hall–Kier alpha value is -2.60. The summed E-state index contributed by atoms with van der Waals surface area (Å²) in [6.45, 7) is 7.89. The normalized spacial score (nSPS) is 10.8. The lowest BCUT2D eigenvalue weighted by atomic mass is 10.1. The Morgan fingerprint density at radius 2 is 1.85 bits per heavy atom. The van der Waals surface area contributed by atoms with Gasteiger partial charge in [0, 0.05) is 24.3 Å². The van der Waals surface area contributed by atoms with E-state index in [1.54, 1.807) is 29.2 Å². The molecule has 6 heteroatoms. The maximum absolute atomic E-state index is 12.4. The molecule has 0 unspecified atom stereocenters. The number of amides is 2. The van der Waals surface area contributed by atoms with Crippen LogP contribution in [0.5, 0.6) is 0 Å². The number of anilines is 1. The van der Waals surface area contributed by atoms with Crippen LogP contribution in [-0.4, -0.2) is 48.3 Å². The predicted molar refractivity (Wildman–Crippen MR) is 102 cm³/mol. The van der Waals surface area contributed by atoms with E-state index in [-0.39, 0.29) is 18.4 Å². The van der Waals surface area contributed by atoms with Gasteiger partial charge in [-0.15, -0.1) is 0 Å². The third kappa shape index (κ3) is 5.46. The number of likely N-dealkylation sites (N-methyl/N-ethyl adjacent to an activating group) is 1. The zero-order chi connectivity index (χ0) is 19.1. The molecule has 6 nitrogen and oxygen atoms in total. The lowest BCUT2D eigenvalue weighted by Crippen LogP contribution is -2.31. The summed E-state index contributed by atoms with van der Waals surface area (Å²) in [6, 6.07) is 10.9. The summed E-state index contributed by atoms with van der Waals surface area (Å²) in [7, 11) is 1.86. The Labute approximate surface area is 154 Å². The van der Waals surface area contributed by atoms with Crippen LogP contribution < -0.4 is 5.32 Å². The van der Waals surface area contributed by atoms with E-state index in [9.17, 15) is 9.59 Å². The molecular weight excluding hydrogens is 330 g/mol. The number of nitrogens with zero attached hydrogens (tertiary/aromatic N) is 2. The molecule has 0 aliphatic carbocycles. The number of carbonyl (C=O) groups excluding carboxylic acids is 2. The van der Waals surface area contributed by atoms with Crippen molar-refractivity contribution in [2.75, 3.05) is 32.0 Å². The minimum absolute atomic E-state index is 0.0311. The maximum Gasteiger partial charge on any atom is 0.253 e. The van der Waals surface area contributed by atoms with E-state index >= 15 is 0 Å². The molecule has 1 aromatic carbocycles. The van der Waals surface area contributed by atoms with Crippen molar-refractivity contribution in [2.45, 2.75) is 27.3 Å². The number of nitrogens with one attached hydrogen (secondary N) is 1. The fourth-order valence-electron chi connectivity index (χ4n) is 2.76. The highest BCUT2D eigenvalue weighted by atomic mass is 16.3. The Balaban J connectivity index is 1.94. The zero-order valence-corrected chi connectivity index (χ0v) is 15.9. The third-order valence-electron chi connectivity index (χ3n) is 4.08. The van der Waals surface area contributed by atoms with Crippen molar-refractivity contribution in [3.63, 3.8) is 0 Å². The monoisotopic (exact) mass is 357 g/mol. The van der Waals surface area contributed by atoms with Crippen LogP contribution in [0.3, 0.4) is 0 Å². The molecule has 0 atom stereocenters. The molecule has 1 heterocycles. The van der Waals surface area contributed by atoms with E-state index in [4.69, 9.17) is 4.42 Å². The van der Waals surface area contributed by atoms with Gasteiger partial charge in [-0.3, -0.25) is 14.5 Å². The summed E-state index contributed by atoms with van der Waals surface area (Å²) in [6.07, 6.45) is 0. The second-order valence-electron chi connectivity index (χ2n) is 6.29. The van der Waals surface area contributed by atoms with Gasteiger partial charge < -0.3 is 14.6 Å². The van der Waals surface area contributed by atoms with E-state index < -0.39 is 0 Å². The van der Waals surface area contributed by atoms with Gasteiger partial charge in [-0.05, 0) is 58.2 Å². The lowest BCUT2D eigenvalue weighted by Gasteiger charge is -2.19. The predicted octanol–water partition coefficient (Wildman–Crippen LogP) is 3.14. The van der Waals surface area contributed by atoms with Gasteiger partial charge in [-0.25, -0.2) is 0 Å². The second-order valence-corrected chi connectivity index (χ2v) is 6.29. The van der Waals surface area contributed by atoms with Crippen molar-refractivity contribution in [2.24, 2.45) is 0 Å².